The molecule has 2 rings (SSSR count). The van der Waals surface area contributed by atoms with Gasteiger partial charge in [0.1, 0.15) is 0 Å². The summed E-state index contributed by atoms with van der Waals surface area (Å²) in [5.74, 6) is -0.276. The van der Waals surface area contributed by atoms with Crippen molar-refractivity contribution < 1.29 is 4.79 Å². The van der Waals surface area contributed by atoms with E-state index in [1.54, 1.807) is 31.7 Å². The van der Waals surface area contributed by atoms with Gasteiger partial charge in [-0.15, -0.1) is 0 Å². The van der Waals surface area contributed by atoms with Crippen LogP contribution in [0.2, 0.25) is 0 Å². The van der Waals surface area contributed by atoms with E-state index >= 15 is 0 Å². The van der Waals surface area contributed by atoms with Crippen LogP contribution in [0.4, 0.5) is 0 Å². The normalized spacial score (nSPS) is 12.1. The van der Waals surface area contributed by atoms with Gasteiger partial charge in [0.05, 0.1) is 12.2 Å². The first-order valence-corrected chi connectivity index (χ1v) is 5.54. The molecule has 94 valence electrons. The highest BCUT2D eigenvalue weighted by Gasteiger charge is 2.12. The number of aromatic nitrogens is 3. The van der Waals surface area contributed by atoms with Crippen molar-refractivity contribution in [3.63, 3.8) is 0 Å². The molecular weight excluding hydrogens is 232 g/mol. The summed E-state index contributed by atoms with van der Waals surface area (Å²) in [6.45, 7) is 1.85. The van der Waals surface area contributed by atoms with Crippen LogP contribution < -0.4 is 10.9 Å². The monoisotopic (exact) mass is 246 g/mol. The number of carbonyl (C=O) groups excluding carboxylic acids is 1. The highest BCUT2D eigenvalue weighted by atomic mass is 16.2. The summed E-state index contributed by atoms with van der Waals surface area (Å²) in [5.41, 5.74) is 1.03. The number of hydrogen-bond acceptors (Lipinski definition) is 3. The van der Waals surface area contributed by atoms with Gasteiger partial charge in [-0.3, -0.25) is 14.7 Å². The Labute approximate surface area is 104 Å². The fraction of sp³-hybridized carbons (Fsp3) is 0.250. The number of H-pyrrole nitrogens is 1. The number of aryl methyl sites for hydroxylation is 1. The fourth-order valence-corrected chi connectivity index (χ4v) is 1.55. The van der Waals surface area contributed by atoms with Gasteiger partial charge in [0, 0.05) is 36.6 Å². The smallest absolute Gasteiger partial charge is 0.252 e. The lowest BCUT2D eigenvalue weighted by Crippen LogP contribution is -2.28. The van der Waals surface area contributed by atoms with Crippen LogP contribution in [0.5, 0.6) is 0 Å². The number of amides is 1. The zero-order valence-electron chi connectivity index (χ0n) is 10.2. The minimum absolute atomic E-state index is 0.166. The molecular formula is C12H14N4O2. The maximum Gasteiger partial charge on any atom is 0.252 e. The van der Waals surface area contributed by atoms with Crippen molar-refractivity contribution in [3.8, 4) is 0 Å². The predicted octanol–water partition coefficient (Wildman–Crippen LogP) is 0.599. The Kier molecular flexibility index (Phi) is 3.27. The first kappa shape index (κ1) is 12.1. The molecule has 18 heavy (non-hydrogen) atoms. The molecule has 0 aromatic carbocycles. The fourth-order valence-electron chi connectivity index (χ4n) is 1.55. The van der Waals surface area contributed by atoms with Gasteiger partial charge in [-0.25, -0.2) is 0 Å². The van der Waals surface area contributed by atoms with Gasteiger partial charge in [0.25, 0.3) is 11.5 Å². The average molecular weight is 246 g/mol. The highest BCUT2D eigenvalue weighted by molar-refractivity contribution is 5.94. The van der Waals surface area contributed by atoms with Crippen molar-refractivity contribution in [3.05, 3.63) is 52.2 Å². The lowest BCUT2D eigenvalue weighted by Gasteiger charge is -2.12. The molecule has 1 atom stereocenters. The number of rotatable bonds is 3. The second-order valence-corrected chi connectivity index (χ2v) is 4.09. The molecule has 1 unspecified atom stereocenters. The molecule has 0 aliphatic carbocycles. The van der Waals surface area contributed by atoms with Gasteiger partial charge in [-0.05, 0) is 13.0 Å². The van der Waals surface area contributed by atoms with Crippen molar-refractivity contribution >= 4 is 5.91 Å². The Balaban J connectivity index is 2.12. The van der Waals surface area contributed by atoms with Crippen LogP contribution in [0, 0.1) is 0 Å². The van der Waals surface area contributed by atoms with Gasteiger partial charge in [0.2, 0.25) is 0 Å². The minimum atomic E-state index is -0.276. The molecule has 6 nitrogen and oxygen atoms in total. The van der Waals surface area contributed by atoms with E-state index in [9.17, 15) is 9.59 Å². The topological polar surface area (TPSA) is 79.8 Å². The molecule has 6 heteroatoms. The van der Waals surface area contributed by atoms with Crippen molar-refractivity contribution in [2.24, 2.45) is 7.05 Å². The van der Waals surface area contributed by atoms with E-state index in [1.165, 1.54) is 10.6 Å². The van der Waals surface area contributed by atoms with Crippen LogP contribution >= 0.6 is 0 Å². The third-order valence-corrected chi connectivity index (χ3v) is 2.73. The number of aromatic amines is 1. The van der Waals surface area contributed by atoms with Crippen molar-refractivity contribution in [2.75, 3.05) is 0 Å². The van der Waals surface area contributed by atoms with Crippen molar-refractivity contribution in [1.82, 2.24) is 20.1 Å². The molecule has 2 aromatic rings. The summed E-state index contributed by atoms with van der Waals surface area (Å²) in [4.78, 5) is 23.4. The van der Waals surface area contributed by atoms with E-state index < -0.39 is 0 Å². The molecule has 0 fully saturated rings. The highest BCUT2D eigenvalue weighted by Crippen LogP contribution is 2.09. The van der Waals surface area contributed by atoms with E-state index in [0.29, 0.717) is 5.56 Å². The molecule has 0 saturated heterocycles. The molecule has 0 radical (unpaired) electrons. The third kappa shape index (κ3) is 2.48. The van der Waals surface area contributed by atoms with Gasteiger partial charge < -0.3 is 9.88 Å². The molecule has 2 heterocycles. The summed E-state index contributed by atoms with van der Waals surface area (Å²) in [7, 11) is 1.64. The standard InChI is InChI=1S/C12H14N4O2/c1-8(10-6-13-14-7-10)15-12(18)9-3-4-16(2)11(17)5-9/h3-8H,1-2H3,(H,13,14)(H,15,18). The first-order valence-electron chi connectivity index (χ1n) is 5.54. The zero-order valence-corrected chi connectivity index (χ0v) is 10.2. The van der Waals surface area contributed by atoms with Crippen LogP contribution in [0.15, 0.2) is 35.5 Å². The molecule has 2 aromatic heterocycles. The molecule has 0 spiro atoms. The van der Waals surface area contributed by atoms with E-state index in [-0.39, 0.29) is 17.5 Å². The Hall–Kier alpha value is -2.37. The van der Waals surface area contributed by atoms with Crippen LogP contribution in [-0.4, -0.2) is 20.7 Å². The van der Waals surface area contributed by atoms with Crippen LogP contribution in [0.25, 0.3) is 0 Å². The average Bonchev–Trinajstić information content (AvgIpc) is 2.86. The predicted molar refractivity (Wildman–Crippen MR) is 66.2 cm³/mol. The summed E-state index contributed by atoms with van der Waals surface area (Å²) in [6, 6.07) is 2.76. The minimum Gasteiger partial charge on any atom is -0.345 e. The van der Waals surface area contributed by atoms with Gasteiger partial charge in [0.15, 0.2) is 0 Å². The Morgan fingerprint density at radius 3 is 2.94 bits per heavy atom. The number of pyridine rings is 1. The van der Waals surface area contributed by atoms with E-state index in [1.807, 2.05) is 6.92 Å². The van der Waals surface area contributed by atoms with Gasteiger partial charge in [-0.1, -0.05) is 0 Å². The Morgan fingerprint density at radius 1 is 1.56 bits per heavy atom. The molecule has 0 aliphatic heterocycles. The number of nitrogens with zero attached hydrogens (tertiary/aromatic N) is 2. The maximum atomic E-state index is 11.9. The van der Waals surface area contributed by atoms with E-state index in [2.05, 4.69) is 15.5 Å². The second-order valence-electron chi connectivity index (χ2n) is 4.09. The van der Waals surface area contributed by atoms with Crippen molar-refractivity contribution in [1.29, 1.82) is 0 Å². The maximum absolute atomic E-state index is 11.9. The Morgan fingerprint density at radius 2 is 2.33 bits per heavy atom. The van der Waals surface area contributed by atoms with E-state index in [0.717, 1.165) is 5.56 Å². The summed E-state index contributed by atoms with van der Waals surface area (Å²) < 4.78 is 1.41. The van der Waals surface area contributed by atoms with Gasteiger partial charge in [-0.2, -0.15) is 5.10 Å². The third-order valence-electron chi connectivity index (χ3n) is 2.73. The number of hydrogen-bond donors (Lipinski definition) is 2. The summed E-state index contributed by atoms with van der Waals surface area (Å²) in [5, 5.41) is 9.30. The van der Waals surface area contributed by atoms with Crippen LogP contribution in [0.3, 0.4) is 0 Å². The number of nitrogens with one attached hydrogen (secondary N) is 2. The second kappa shape index (κ2) is 4.87. The summed E-state index contributed by atoms with van der Waals surface area (Å²) in [6.07, 6.45) is 4.93. The van der Waals surface area contributed by atoms with Crippen molar-refractivity contribution in [2.45, 2.75) is 13.0 Å². The lowest BCUT2D eigenvalue weighted by molar-refractivity contribution is 0.0939. The Bertz CT molecular complexity index is 601. The number of carbonyl (C=O) groups is 1. The van der Waals surface area contributed by atoms with E-state index in [4.69, 9.17) is 0 Å². The molecule has 2 N–H and O–H groups in total. The van der Waals surface area contributed by atoms with Crippen LogP contribution in [-0.2, 0) is 7.05 Å². The van der Waals surface area contributed by atoms with Crippen LogP contribution in [0.1, 0.15) is 28.9 Å². The molecule has 0 aliphatic rings. The van der Waals surface area contributed by atoms with Gasteiger partial charge >= 0.3 is 0 Å². The lowest BCUT2D eigenvalue weighted by atomic mass is 10.1. The largest absolute Gasteiger partial charge is 0.345 e. The molecule has 0 saturated carbocycles. The molecule has 1 amide bonds. The quantitative estimate of drug-likeness (QED) is 0.832. The zero-order chi connectivity index (χ0) is 13.1. The summed E-state index contributed by atoms with van der Waals surface area (Å²) >= 11 is 0. The SMILES string of the molecule is CC(NC(=O)c1ccn(C)c(=O)c1)c1cn[nH]c1. The molecule has 0 bridgehead atoms. The first-order chi connectivity index (χ1) is 8.58.